The number of nitrogens with zero attached hydrogens (tertiary/aromatic N) is 2. The van der Waals surface area contributed by atoms with Crippen LogP contribution in [0.3, 0.4) is 0 Å². The lowest BCUT2D eigenvalue weighted by molar-refractivity contribution is 0.0815. The number of hydrogen-bond acceptors (Lipinski definition) is 3. The van der Waals surface area contributed by atoms with Crippen LogP contribution in [-0.4, -0.2) is 23.0 Å². The topological polar surface area (TPSA) is 53.1 Å². The van der Waals surface area contributed by atoms with Gasteiger partial charge in [-0.05, 0) is 6.42 Å². The Labute approximate surface area is 72.3 Å². The van der Waals surface area contributed by atoms with Crippen LogP contribution in [0.4, 0.5) is 5.69 Å². The van der Waals surface area contributed by atoms with Crippen molar-refractivity contribution in [2.75, 3.05) is 12.8 Å². The van der Waals surface area contributed by atoms with Gasteiger partial charge in [0.1, 0.15) is 0 Å². The Kier molecular flexibility index (Phi) is 3.10. The van der Waals surface area contributed by atoms with E-state index in [0.717, 1.165) is 13.0 Å². The molecule has 0 amide bonds. The highest BCUT2D eigenvalue weighted by Gasteiger charge is 2.05. The van der Waals surface area contributed by atoms with Crippen molar-refractivity contribution in [1.29, 1.82) is 0 Å². The fraction of sp³-hybridized carbons (Fsp3) is 0.625. The molecule has 0 aromatic carbocycles. The van der Waals surface area contributed by atoms with E-state index in [0.29, 0.717) is 5.69 Å². The Bertz CT molecular complexity index is 230. The van der Waals surface area contributed by atoms with Gasteiger partial charge in [0, 0.05) is 13.3 Å². The molecule has 0 aliphatic heterocycles. The van der Waals surface area contributed by atoms with Crippen LogP contribution in [0.15, 0.2) is 12.4 Å². The third-order valence-electron chi connectivity index (χ3n) is 1.83. The zero-order valence-electron chi connectivity index (χ0n) is 7.53. The molecule has 1 aromatic rings. The molecule has 0 saturated carbocycles. The number of hydrogen-bond donors (Lipinski definition) is 1. The third kappa shape index (κ3) is 2.23. The lowest BCUT2D eigenvalue weighted by atomic mass is 10.3. The fourth-order valence-electron chi connectivity index (χ4n) is 1.06. The number of ether oxygens (including phenoxy) is 1. The average molecular weight is 169 g/mol. The predicted octanol–water partition coefficient (Wildman–Crippen LogP) is 0.890. The SMILES string of the molecule is CCC(Cn1cc(N)cn1)OC. The van der Waals surface area contributed by atoms with Crippen molar-refractivity contribution in [3.63, 3.8) is 0 Å². The molecule has 0 aliphatic carbocycles. The Morgan fingerprint density at radius 2 is 2.50 bits per heavy atom. The van der Waals surface area contributed by atoms with Crippen LogP contribution in [0.5, 0.6) is 0 Å². The van der Waals surface area contributed by atoms with Crippen LogP contribution in [0.1, 0.15) is 13.3 Å². The van der Waals surface area contributed by atoms with E-state index < -0.39 is 0 Å². The van der Waals surface area contributed by atoms with E-state index in [2.05, 4.69) is 12.0 Å². The number of methoxy groups -OCH3 is 1. The number of anilines is 1. The van der Waals surface area contributed by atoms with Crippen molar-refractivity contribution in [3.8, 4) is 0 Å². The van der Waals surface area contributed by atoms with Crippen molar-refractivity contribution in [2.24, 2.45) is 0 Å². The normalized spacial score (nSPS) is 13.2. The van der Waals surface area contributed by atoms with Crippen molar-refractivity contribution in [1.82, 2.24) is 9.78 Å². The monoisotopic (exact) mass is 169 g/mol. The summed E-state index contributed by atoms with van der Waals surface area (Å²) in [6.45, 7) is 2.85. The zero-order chi connectivity index (χ0) is 8.97. The van der Waals surface area contributed by atoms with Crippen LogP contribution < -0.4 is 5.73 Å². The highest BCUT2D eigenvalue weighted by atomic mass is 16.5. The van der Waals surface area contributed by atoms with E-state index >= 15 is 0 Å². The highest BCUT2D eigenvalue weighted by Crippen LogP contribution is 2.03. The molecule has 1 heterocycles. The molecule has 1 atom stereocenters. The lowest BCUT2D eigenvalue weighted by Crippen LogP contribution is -2.17. The van der Waals surface area contributed by atoms with Gasteiger partial charge >= 0.3 is 0 Å². The number of rotatable bonds is 4. The Balaban J connectivity index is 2.50. The molecular formula is C8H15N3O. The molecule has 1 rings (SSSR count). The first-order valence-electron chi connectivity index (χ1n) is 4.07. The molecule has 0 radical (unpaired) electrons. The molecule has 0 bridgehead atoms. The zero-order valence-corrected chi connectivity index (χ0v) is 7.53. The summed E-state index contributed by atoms with van der Waals surface area (Å²) < 4.78 is 7.01. The van der Waals surface area contributed by atoms with Crippen molar-refractivity contribution in [3.05, 3.63) is 12.4 Å². The first kappa shape index (κ1) is 9.06. The van der Waals surface area contributed by atoms with Crippen LogP contribution in [0.2, 0.25) is 0 Å². The van der Waals surface area contributed by atoms with Crippen LogP contribution >= 0.6 is 0 Å². The maximum absolute atomic E-state index is 5.51. The first-order chi connectivity index (χ1) is 5.76. The van der Waals surface area contributed by atoms with Gasteiger partial charge in [0.25, 0.3) is 0 Å². The van der Waals surface area contributed by atoms with Gasteiger partial charge in [0.05, 0.1) is 24.5 Å². The van der Waals surface area contributed by atoms with Gasteiger partial charge in [0.15, 0.2) is 0 Å². The summed E-state index contributed by atoms with van der Waals surface area (Å²) >= 11 is 0. The first-order valence-corrected chi connectivity index (χ1v) is 4.07. The van der Waals surface area contributed by atoms with E-state index in [4.69, 9.17) is 10.5 Å². The molecule has 1 aromatic heterocycles. The van der Waals surface area contributed by atoms with E-state index in [9.17, 15) is 0 Å². The number of nitrogen functional groups attached to an aromatic ring is 1. The second kappa shape index (κ2) is 4.11. The summed E-state index contributed by atoms with van der Waals surface area (Å²) in [6.07, 6.45) is 4.66. The average Bonchev–Trinajstić information content (AvgIpc) is 2.47. The van der Waals surface area contributed by atoms with Gasteiger partial charge in [-0.3, -0.25) is 4.68 Å². The summed E-state index contributed by atoms with van der Waals surface area (Å²) in [4.78, 5) is 0. The molecule has 68 valence electrons. The molecule has 0 aliphatic rings. The molecule has 0 saturated heterocycles. The van der Waals surface area contributed by atoms with E-state index in [1.54, 1.807) is 18.0 Å². The molecule has 12 heavy (non-hydrogen) atoms. The summed E-state index contributed by atoms with van der Waals surface area (Å²) in [5.74, 6) is 0. The predicted molar refractivity (Wildman–Crippen MR) is 47.7 cm³/mol. The minimum Gasteiger partial charge on any atom is -0.396 e. The van der Waals surface area contributed by atoms with Crippen molar-refractivity contribution >= 4 is 5.69 Å². The number of nitrogens with two attached hydrogens (primary N) is 1. The van der Waals surface area contributed by atoms with Gasteiger partial charge in [-0.15, -0.1) is 0 Å². The minimum atomic E-state index is 0.226. The fourth-order valence-corrected chi connectivity index (χ4v) is 1.06. The van der Waals surface area contributed by atoms with Gasteiger partial charge in [0.2, 0.25) is 0 Å². The quantitative estimate of drug-likeness (QED) is 0.728. The van der Waals surface area contributed by atoms with E-state index in [1.807, 2.05) is 6.20 Å². The Morgan fingerprint density at radius 1 is 1.75 bits per heavy atom. The molecular weight excluding hydrogens is 154 g/mol. The molecule has 4 heteroatoms. The Hall–Kier alpha value is -1.03. The molecule has 1 unspecified atom stereocenters. The minimum absolute atomic E-state index is 0.226. The summed E-state index contributed by atoms with van der Waals surface area (Å²) in [6, 6.07) is 0. The second-order valence-electron chi connectivity index (χ2n) is 2.76. The van der Waals surface area contributed by atoms with Crippen molar-refractivity contribution in [2.45, 2.75) is 26.0 Å². The molecule has 2 N–H and O–H groups in total. The summed E-state index contributed by atoms with van der Waals surface area (Å²) in [5.41, 5.74) is 6.21. The maximum atomic E-state index is 5.51. The number of aromatic nitrogens is 2. The van der Waals surface area contributed by atoms with Gasteiger partial charge in [-0.2, -0.15) is 5.10 Å². The third-order valence-corrected chi connectivity index (χ3v) is 1.83. The molecule has 0 fully saturated rings. The van der Waals surface area contributed by atoms with E-state index in [-0.39, 0.29) is 6.10 Å². The summed E-state index contributed by atoms with van der Waals surface area (Å²) in [5, 5.41) is 4.06. The van der Waals surface area contributed by atoms with Crippen LogP contribution in [0.25, 0.3) is 0 Å². The smallest absolute Gasteiger partial charge is 0.0764 e. The summed E-state index contributed by atoms with van der Waals surface area (Å²) in [7, 11) is 1.71. The standard InChI is InChI=1S/C8H15N3O/c1-3-8(12-2)6-11-5-7(9)4-10-11/h4-5,8H,3,6,9H2,1-2H3. The van der Waals surface area contributed by atoms with Gasteiger partial charge in [-0.1, -0.05) is 6.92 Å². The largest absolute Gasteiger partial charge is 0.396 e. The van der Waals surface area contributed by atoms with Crippen LogP contribution in [-0.2, 0) is 11.3 Å². The lowest BCUT2D eigenvalue weighted by Gasteiger charge is -2.12. The van der Waals surface area contributed by atoms with Crippen LogP contribution in [0, 0.1) is 0 Å². The molecule has 4 nitrogen and oxygen atoms in total. The van der Waals surface area contributed by atoms with E-state index in [1.165, 1.54) is 0 Å². The van der Waals surface area contributed by atoms with Gasteiger partial charge in [-0.25, -0.2) is 0 Å². The highest BCUT2D eigenvalue weighted by molar-refractivity contribution is 5.30. The second-order valence-corrected chi connectivity index (χ2v) is 2.76. The Morgan fingerprint density at radius 3 is 2.92 bits per heavy atom. The van der Waals surface area contributed by atoms with Crippen molar-refractivity contribution < 1.29 is 4.74 Å². The van der Waals surface area contributed by atoms with Gasteiger partial charge < -0.3 is 10.5 Å². The molecule has 0 spiro atoms. The maximum Gasteiger partial charge on any atom is 0.0764 e.